The molecule has 14 heteroatoms. The van der Waals surface area contributed by atoms with Crippen molar-refractivity contribution in [3.05, 3.63) is 99.9 Å². The summed E-state index contributed by atoms with van der Waals surface area (Å²) in [6, 6.07) is 17.0. The second kappa shape index (κ2) is 17.3. The van der Waals surface area contributed by atoms with Crippen LogP contribution in [0.3, 0.4) is 0 Å². The zero-order chi connectivity index (χ0) is 34.8. The summed E-state index contributed by atoms with van der Waals surface area (Å²) < 4.78 is 21.4. The lowest BCUT2D eigenvalue weighted by molar-refractivity contribution is -0.134. The number of hydrogen-bond donors (Lipinski definition) is 1. The highest BCUT2D eigenvalue weighted by Crippen LogP contribution is 2.31. The SMILES string of the molecule is CC.O=C(NCn1nc(Cc2ccc(F)c(C(=O)N3CCN(C(=O)C4CC4)CC3)c2)c2ccccc2c1=O)OCCSSc1ccccn1.[HH]. The van der Waals surface area contributed by atoms with E-state index in [1.165, 1.54) is 33.7 Å². The smallest absolute Gasteiger partial charge is 0.408 e. The number of carbonyl (C=O) groups is 3. The van der Waals surface area contributed by atoms with Crippen molar-refractivity contribution in [1.82, 2.24) is 29.9 Å². The molecule has 0 radical (unpaired) electrons. The maximum atomic E-state index is 15.0. The number of rotatable bonds is 11. The second-order valence-corrected chi connectivity index (χ2v) is 13.7. The van der Waals surface area contributed by atoms with E-state index < -0.39 is 17.8 Å². The second-order valence-electron chi connectivity index (χ2n) is 11.2. The van der Waals surface area contributed by atoms with Gasteiger partial charge in [-0.05, 0) is 59.5 Å². The molecule has 4 aromatic rings. The van der Waals surface area contributed by atoms with Gasteiger partial charge in [-0.25, -0.2) is 18.9 Å². The van der Waals surface area contributed by atoms with Crippen molar-refractivity contribution in [2.45, 2.75) is 44.8 Å². The summed E-state index contributed by atoms with van der Waals surface area (Å²) in [6.45, 7) is 5.51. The Balaban J connectivity index is 0.00000184. The highest BCUT2D eigenvalue weighted by atomic mass is 33.1. The first-order chi connectivity index (χ1) is 23.9. The highest BCUT2D eigenvalue weighted by Gasteiger charge is 2.35. The molecule has 49 heavy (non-hydrogen) atoms. The summed E-state index contributed by atoms with van der Waals surface area (Å²) in [5.74, 6) is -0.251. The molecule has 0 bridgehead atoms. The first-order valence-electron chi connectivity index (χ1n) is 16.3. The minimum absolute atomic E-state index is 0. The number of ether oxygens (including phenoxy) is 1. The molecule has 3 amide bonds. The van der Waals surface area contributed by atoms with Crippen LogP contribution < -0.4 is 10.9 Å². The summed E-state index contributed by atoms with van der Waals surface area (Å²) >= 11 is 0. The third kappa shape index (κ3) is 9.38. The average Bonchev–Trinajstić information content (AvgIpc) is 4.00. The molecule has 0 atom stereocenters. The number of aromatic nitrogens is 3. The predicted octanol–water partition coefficient (Wildman–Crippen LogP) is 5.61. The number of alkyl carbamates (subject to hydrolysis) is 1. The molecule has 1 N–H and O–H groups in total. The van der Waals surface area contributed by atoms with Gasteiger partial charge >= 0.3 is 6.09 Å². The van der Waals surface area contributed by atoms with E-state index in [1.807, 2.05) is 32.0 Å². The van der Waals surface area contributed by atoms with Crippen LogP contribution in [-0.2, 0) is 22.6 Å². The van der Waals surface area contributed by atoms with Crippen LogP contribution >= 0.6 is 21.6 Å². The Morgan fingerprint density at radius 3 is 2.41 bits per heavy atom. The van der Waals surface area contributed by atoms with E-state index in [0.717, 1.165) is 22.5 Å². The lowest BCUT2D eigenvalue weighted by Gasteiger charge is -2.35. The zero-order valence-electron chi connectivity index (χ0n) is 27.5. The van der Waals surface area contributed by atoms with Crippen molar-refractivity contribution >= 4 is 50.3 Å². The van der Waals surface area contributed by atoms with Gasteiger partial charge in [0.15, 0.2) is 0 Å². The Hall–Kier alpha value is -4.43. The van der Waals surface area contributed by atoms with Crippen molar-refractivity contribution in [3.63, 3.8) is 0 Å². The van der Waals surface area contributed by atoms with Crippen LogP contribution in [0.1, 0.15) is 49.7 Å². The van der Waals surface area contributed by atoms with Gasteiger partial charge in [0, 0.05) is 57.3 Å². The van der Waals surface area contributed by atoms with Gasteiger partial charge in [0.25, 0.3) is 11.5 Å². The maximum Gasteiger partial charge on any atom is 0.408 e. The number of benzene rings is 2. The van der Waals surface area contributed by atoms with Crippen molar-refractivity contribution in [3.8, 4) is 0 Å². The maximum absolute atomic E-state index is 15.0. The normalized spacial score (nSPS) is 14.2. The molecule has 11 nitrogen and oxygen atoms in total. The van der Waals surface area contributed by atoms with E-state index in [-0.39, 0.29) is 44.1 Å². The molecule has 2 fully saturated rings. The fraction of sp³-hybridized carbons (Fsp3) is 0.371. The molecule has 0 unspecified atom stereocenters. The minimum Gasteiger partial charge on any atom is -0.449 e. The van der Waals surface area contributed by atoms with Crippen LogP contribution in [0.2, 0.25) is 0 Å². The molecular weight excluding hydrogens is 668 g/mol. The third-order valence-corrected chi connectivity index (χ3v) is 10.2. The lowest BCUT2D eigenvalue weighted by atomic mass is 10.0. The van der Waals surface area contributed by atoms with E-state index in [0.29, 0.717) is 54.0 Å². The molecular formula is C35H41FN6O5S2. The largest absolute Gasteiger partial charge is 0.449 e. The molecule has 1 saturated carbocycles. The monoisotopic (exact) mass is 708 g/mol. The van der Waals surface area contributed by atoms with Gasteiger partial charge in [-0.1, -0.05) is 55.0 Å². The van der Waals surface area contributed by atoms with E-state index >= 15 is 0 Å². The summed E-state index contributed by atoms with van der Waals surface area (Å²) in [7, 11) is 2.99. The van der Waals surface area contributed by atoms with Crippen LogP contribution in [0.4, 0.5) is 9.18 Å². The van der Waals surface area contributed by atoms with Crippen molar-refractivity contribution in [1.29, 1.82) is 0 Å². The minimum atomic E-state index is -0.684. The van der Waals surface area contributed by atoms with Crippen molar-refractivity contribution < 1.29 is 24.9 Å². The first-order valence-corrected chi connectivity index (χ1v) is 18.7. The predicted molar refractivity (Wildman–Crippen MR) is 191 cm³/mol. The fourth-order valence-corrected chi connectivity index (χ4v) is 7.03. The third-order valence-electron chi connectivity index (χ3n) is 7.94. The molecule has 1 aliphatic heterocycles. The Morgan fingerprint density at radius 1 is 0.980 bits per heavy atom. The fourth-order valence-electron chi connectivity index (χ4n) is 5.33. The molecule has 6 rings (SSSR count). The van der Waals surface area contributed by atoms with Crippen molar-refractivity contribution in [2.75, 3.05) is 38.5 Å². The van der Waals surface area contributed by atoms with Crippen LogP contribution in [0.5, 0.6) is 0 Å². The van der Waals surface area contributed by atoms with Crippen molar-refractivity contribution in [2.24, 2.45) is 5.92 Å². The van der Waals surface area contributed by atoms with E-state index in [9.17, 15) is 23.6 Å². The molecule has 2 aromatic heterocycles. The van der Waals surface area contributed by atoms with Gasteiger partial charge < -0.3 is 19.9 Å². The summed E-state index contributed by atoms with van der Waals surface area (Å²) in [5, 5.41) is 9.00. The molecule has 1 aliphatic carbocycles. The highest BCUT2D eigenvalue weighted by molar-refractivity contribution is 8.76. The van der Waals surface area contributed by atoms with Gasteiger partial charge in [-0.3, -0.25) is 14.4 Å². The summed E-state index contributed by atoms with van der Waals surface area (Å²) in [4.78, 5) is 58.9. The Labute approximate surface area is 293 Å². The molecule has 260 valence electrons. The number of fused-ring (bicyclic) bond motifs is 1. The molecule has 2 aromatic carbocycles. The number of pyridine rings is 1. The number of halogens is 1. The number of hydrogen-bond acceptors (Lipinski definition) is 9. The quantitative estimate of drug-likeness (QED) is 0.156. The first kappa shape index (κ1) is 35.9. The van der Waals surface area contributed by atoms with Crippen LogP contribution in [0.15, 0.2) is 76.7 Å². The Bertz CT molecular complexity index is 1840. The van der Waals surface area contributed by atoms with Crippen LogP contribution in [-0.4, -0.2) is 81.0 Å². The zero-order valence-corrected chi connectivity index (χ0v) is 29.1. The molecule has 1 saturated heterocycles. The number of piperazine rings is 1. The summed E-state index contributed by atoms with van der Waals surface area (Å²) in [5.41, 5.74) is 0.716. The lowest BCUT2D eigenvalue weighted by Crippen LogP contribution is -2.51. The van der Waals surface area contributed by atoms with E-state index in [4.69, 9.17) is 4.74 Å². The molecule has 2 aliphatic rings. The van der Waals surface area contributed by atoms with Gasteiger partial charge in [0.1, 0.15) is 24.1 Å². The Kier molecular flexibility index (Phi) is 12.7. The molecule has 0 spiro atoms. The number of nitrogens with zero attached hydrogens (tertiary/aromatic N) is 5. The number of carbonyl (C=O) groups excluding carboxylic acids is 3. The molecule has 3 heterocycles. The summed E-state index contributed by atoms with van der Waals surface area (Å²) in [6.07, 6.45) is 3.09. The van der Waals surface area contributed by atoms with Gasteiger partial charge in [-0.15, -0.1) is 0 Å². The van der Waals surface area contributed by atoms with Gasteiger partial charge in [0.2, 0.25) is 5.91 Å². The van der Waals surface area contributed by atoms with Crippen LogP contribution in [0.25, 0.3) is 10.8 Å². The van der Waals surface area contributed by atoms with Crippen LogP contribution in [0, 0.1) is 11.7 Å². The topological polar surface area (TPSA) is 127 Å². The average molecular weight is 709 g/mol. The van der Waals surface area contributed by atoms with E-state index in [2.05, 4.69) is 15.4 Å². The van der Waals surface area contributed by atoms with E-state index in [1.54, 1.807) is 46.3 Å². The number of amides is 3. The Morgan fingerprint density at radius 2 is 1.69 bits per heavy atom. The van der Waals surface area contributed by atoms with Gasteiger partial charge in [-0.2, -0.15) is 5.10 Å². The van der Waals surface area contributed by atoms with Gasteiger partial charge in [0.05, 0.1) is 16.6 Å². The number of nitrogens with one attached hydrogen (secondary N) is 1. The standard InChI is InChI=1S/C33H33FN6O5S2.C2H6.H2/c34-27-11-8-22(19-26(27)31(42)39-15-13-38(14-16-39)30(41)23-9-10-23)20-28-24-5-1-2-6-25(24)32(43)40(37-28)21-36-33(44)45-17-18-46-47-29-7-3-4-12-35-29;1-2;/h1-8,11-12,19,23H,9-10,13-18,20-21H2,(H,36,44);1-2H3;1H.